The number of nitrogens with zero attached hydrogens (tertiary/aromatic N) is 6. The molecule has 27 nitrogen and oxygen atoms in total. The van der Waals surface area contributed by atoms with Crippen LogP contribution in [-0.2, 0) is 77.5 Å². The fraction of sp³-hybridized carbons (Fsp3) is 0.800. The topological polar surface area (TPSA) is 359 Å². The van der Waals surface area contributed by atoms with Crippen LogP contribution < -0.4 is 20.5 Å². The first kappa shape index (κ1) is 72.0. The normalized spacial score (nSPS) is 17.7. The van der Waals surface area contributed by atoms with Gasteiger partial charge in [0, 0.05) is 57.4 Å². The molecule has 2 rings (SSSR count). The summed E-state index contributed by atoms with van der Waals surface area (Å²) in [5.41, 5.74) is 5.42. The molecular formula is C50H92N10O17S2Si2. The van der Waals surface area contributed by atoms with Crippen molar-refractivity contribution >= 4 is 95.5 Å². The average molecular weight is 1230 g/mol. The van der Waals surface area contributed by atoms with Gasteiger partial charge in [-0.25, -0.2) is 31.2 Å². The highest BCUT2D eigenvalue weighted by Crippen LogP contribution is 2.22. The van der Waals surface area contributed by atoms with E-state index in [0.717, 1.165) is 29.4 Å². The van der Waals surface area contributed by atoms with Gasteiger partial charge < -0.3 is 55.0 Å². The van der Waals surface area contributed by atoms with Crippen molar-refractivity contribution in [2.75, 3.05) is 92.2 Å². The molecule has 0 radical (unpaired) electrons. The number of ether oxygens (including phenoxy) is 2. The van der Waals surface area contributed by atoms with Gasteiger partial charge in [0.2, 0.25) is 61.4 Å². The van der Waals surface area contributed by atoms with Gasteiger partial charge in [-0.05, 0) is 62.4 Å². The zero-order valence-electron chi connectivity index (χ0n) is 49.9. The number of hydrogen-bond acceptors (Lipinski definition) is 17. The number of rotatable bonds is 31. The Morgan fingerprint density at radius 3 is 1.32 bits per heavy atom. The smallest absolute Gasteiger partial charge is 0.329 e. The summed E-state index contributed by atoms with van der Waals surface area (Å²) in [6, 6.07) is -7.70. The number of nitrogens with two attached hydrogens (primary N) is 1. The Bertz CT molecular complexity index is 2480. The first-order chi connectivity index (χ1) is 37.2. The van der Waals surface area contributed by atoms with E-state index >= 15 is 0 Å². The Kier molecular flexibility index (Phi) is 28.0. The standard InChI is InChI=1S/C50H92N10O17S2Si2/c1-33(2)43(57(7)41(63)29-55(5)39(61)27-51)49(70)76-31-35(53-78(72,73)23-25-80(9,10)11)46(66)59-21-17-15-19-37(59)45(65)52-28-40(62)56(6)30-42(64)58(8)44(34(3)4)50(71)77-32-36(54-79(74,75)24-26-81(12,13)14)47(67)60-22-18-16-20-38(60)48(68)69/h33-38,43-44,53-54H,15-32,51H2,1-14H3,(H,52,65)(H,68,69)/t35-,36-,37+,38+,43+,44+/m1/s1. The molecule has 2 fully saturated rings. The number of carboxylic acid groups (broad SMARTS) is 1. The van der Waals surface area contributed by atoms with Gasteiger partial charge in [0.15, 0.2) is 0 Å². The zero-order chi connectivity index (χ0) is 62.1. The number of likely N-dealkylation sites (N-methyl/N-ethyl adjacent to an activating group) is 4. The number of amides is 7. The van der Waals surface area contributed by atoms with E-state index in [1.165, 1.54) is 28.2 Å². The molecule has 7 amide bonds. The molecule has 81 heavy (non-hydrogen) atoms. The Morgan fingerprint density at radius 1 is 0.593 bits per heavy atom. The number of sulfonamides is 2. The van der Waals surface area contributed by atoms with E-state index in [-0.39, 0.29) is 44.0 Å². The van der Waals surface area contributed by atoms with Crippen LogP contribution in [0, 0.1) is 11.8 Å². The number of likely N-dealkylation sites (tertiary alicyclic amines) is 2. The lowest BCUT2D eigenvalue weighted by atomic mass is 10.00. The van der Waals surface area contributed by atoms with Gasteiger partial charge in [-0.2, -0.15) is 9.44 Å². The highest BCUT2D eigenvalue weighted by Gasteiger charge is 2.42. The quantitative estimate of drug-likeness (QED) is 0.0416. The molecule has 6 N–H and O–H groups in total. The molecule has 2 aliphatic heterocycles. The van der Waals surface area contributed by atoms with E-state index in [4.69, 9.17) is 15.2 Å². The van der Waals surface area contributed by atoms with Crippen LogP contribution in [0.2, 0.25) is 51.4 Å². The molecule has 0 aromatic rings. The van der Waals surface area contributed by atoms with Gasteiger partial charge >= 0.3 is 17.9 Å². The fourth-order valence-corrected chi connectivity index (χ4v) is 17.5. The van der Waals surface area contributed by atoms with Crippen molar-refractivity contribution < 1.29 is 79.4 Å². The monoisotopic (exact) mass is 1220 g/mol. The third kappa shape index (κ3) is 23.6. The fourth-order valence-electron chi connectivity index (χ4n) is 9.01. The van der Waals surface area contributed by atoms with Crippen molar-refractivity contribution in [2.24, 2.45) is 17.6 Å². The third-order valence-electron chi connectivity index (χ3n) is 14.0. The Labute approximate surface area is 480 Å². The lowest BCUT2D eigenvalue weighted by Crippen LogP contribution is -2.59. The molecule has 0 aliphatic carbocycles. The van der Waals surface area contributed by atoms with Crippen LogP contribution in [0.5, 0.6) is 0 Å². The summed E-state index contributed by atoms with van der Waals surface area (Å²) in [7, 11) is -6.87. The molecule has 31 heteroatoms. The van der Waals surface area contributed by atoms with Crippen LogP contribution in [-0.4, -0.2) is 255 Å². The molecule has 2 saturated heterocycles. The summed E-state index contributed by atoms with van der Waals surface area (Å²) in [4.78, 5) is 141. The second-order valence-corrected chi connectivity index (χ2v) is 39.1. The Balaban J connectivity index is 2.27. The van der Waals surface area contributed by atoms with Gasteiger partial charge in [-0.1, -0.05) is 67.0 Å². The molecular weight excluding hydrogens is 1130 g/mol. The SMILES string of the molecule is CC(C)[C@@H](C(=O)OC[C@@H](NS(=O)(=O)CC[Si](C)(C)C)C(=O)N1CCCC[C@H]1C(=O)NCC(=O)N(C)CC(=O)N(C)[C@H](C(=O)OC[C@@H](NS(=O)(=O)CC[Si](C)(C)C)C(=O)N1CCCC[C@H]1C(=O)O)C(C)C)N(C)C(=O)CN(C)C(=O)CN. The molecule has 464 valence electrons. The minimum atomic E-state index is -4.19. The third-order valence-corrected chi connectivity index (χ3v) is 21.0. The molecule has 0 aromatic carbocycles. The minimum absolute atomic E-state index is 0.0119. The number of piperidine rings is 2. The largest absolute Gasteiger partial charge is 0.480 e. The average Bonchev–Trinajstić information content (AvgIpc) is 3.37. The van der Waals surface area contributed by atoms with Crippen molar-refractivity contribution in [3.05, 3.63) is 0 Å². The number of carbonyl (C=O) groups is 10. The summed E-state index contributed by atoms with van der Waals surface area (Å²) < 4.78 is 69.6. The second kappa shape index (κ2) is 31.5. The van der Waals surface area contributed by atoms with Crippen molar-refractivity contribution in [3.8, 4) is 0 Å². The molecule has 0 bridgehead atoms. The van der Waals surface area contributed by atoms with Gasteiger partial charge in [-0.3, -0.25) is 33.6 Å². The van der Waals surface area contributed by atoms with E-state index < -0.39 is 176 Å². The zero-order valence-corrected chi connectivity index (χ0v) is 53.5. The predicted octanol–water partition coefficient (Wildman–Crippen LogP) is -0.870. The van der Waals surface area contributed by atoms with Crippen molar-refractivity contribution in [1.82, 2.24) is 44.2 Å². The van der Waals surface area contributed by atoms with E-state index in [1.54, 1.807) is 27.7 Å². The Morgan fingerprint density at radius 2 is 0.963 bits per heavy atom. The first-order valence-electron chi connectivity index (χ1n) is 27.4. The van der Waals surface area contributed by atoms with Crippen LogP contribution in [0.15, 0.2) is 0 Å². The van der Waals surface area contributed by atoms with Crippen LogP contribution in [0.3, 0.4) is 0 Å². The number of carbonyl (C=O) groups excluding carboxylic acids is 9. The summed E-state index contributed by atoms with van der Waals surface area (Å²) in [5.74, 6) is -10.3. The number of carboxylic acids is 1. The van der Waals surface area contributed by atoms with Gasteiger partial charge in [0.1, 0.15) is 49.5 Å². The molecule has 0 spiro atoms. The molecule has 0 unspecified atom stereocenters. The number of aliphatic carboxylic acids is 1. The maximum absolute atomic E-state index is 14.5. The van der Waals surface area contributed by atoms with Crippen molar-refractivity contribution in [2.45, 2.75) is 154 Å². The van der Waals surface area contributed by atoms with Crippen LogP contribution in [0.1, 0.15) is 66.2 Å². The first-order valence-corrected chi connectivity index (χ1v) is 38.1. The summed E-state index contributed by atoms with van der Waals surface area (Å²) in [5, 5.41) is 12.4. The van der Waals surface area contributed by atoms with Crippen molar-refractivity contribution in [3.63, 3.8) is 0 Å². The lowest BCUT2D eigenvalue weighted by molar-refractivity contribution is -0.160. The number of hydrogen-bond donors (Lipinski definition) is 5. The Hall–Kier alpha value is -5.09. The molecule has 2 aliphatic rings. The molecule has 6 atom stereocenters. The van der Waals surface area contributed by atoms with E-state index in [9.17, 15) is 69.9 Å². The second-order valence-electron chi connectivity index (χ2n) is 24.1. The summed E-state index contributed by atoms with van der Waals surface area (Å²) in [6.07, 6.45) is 2.14. The van der Waals surface area contributed by atoms with Crippen molar-refractivity contribution in [1.29, 1.82) is 0 Å². The lowest BCUT2D eigenvalue weighted by Gasteiger charge is -2.37. The van der Waals surface area contributed by atoms with E-state index in [2.05, 4.69) is 14.8 Å². The maximum Gasteiger partial charge on any atom is 0.329 e. The van der Waals surface area contributed by atoms with Crippen LogP contribution >= 0.6 is 0 Å². The highest BCUT2D eigenvalue weighted by molar-refractivity contribution is 7.89. The molecule has 2 heterocycles. The maximum atomic E-state index is 14.5. The van der Waals surface area contributed by atoms with Gasteiger partial charge in [-0.15, -0.1) is 0 Å². The van der Waals surface area contributed by atoms with E-state index in [0.29, 0.717) is 37.8 Å². The number of esters is 2. The number of nitrogens with one attached hydrogen (secondary N) is 3. The molecule has 0 saturated carbocycles. The predicted molar refractivity (Wildman–Crippen MR) is 306 cm³/mol. The van der Waals surface area contributed by atoms with Crippen LogP contribution in [0.4, 0.5) is 0 Å². The van der Waals surface area contributed by atoms with Gasteiger partial charge in [0.05, 0.1) is 37.7 Å². The summed E-state index contributed by atoms with van der Waals surface area (Å²) >= 11 is 0. The summed E-state index contributed by atoms with van der Waals surface area (Å²) in [6.45, 7) is 14.7. The van der Waals surface area contributed by atoms with Gasteiger partial charge in [0.25, 0.3) is 0 Å². The van der Waals surface area contributed by atoms with Crippen LogP contribution in [0.25, 0.3) is 0 Å². The molecule has 0 aromatic heterocycles. The minimum Gasteiger partial charge on any atom is -0.480 e. The van der Waals surface area contributed by atoms with E-state index in [1.807, 2.05) is 39.3 Å². The highest BCUT2D eigenvalue weighted by atomic mass is 32.2.